The van der Waals surface area contributed by atoms with Gasteiger partial charge in [0, 0.05) is 6.54 Å². The smallest absolute Gasteiger partial charge is 0.408 e. The minimum absolute atomic E-state index is 0.0288. The summed E-state index contributed by atoms with van der Waals surface area (Å²) in [4.78, 5) is 51.8. The van der Waals surface area contributed by atoms with E-state index in [0.717, 1.165) is 12.8 Å². The summed E-state index contributed by atoms with van der Waals surface area (Å²) in [5.41, 5.74) is -1.90. The third-order valence-electron chi connectivity index (χ3n) is 7.36. The second-order valence-corrected chi connectivity index (χ2v) is 11.3. The zero-order valence-corrected chi connectivity index (χ0v) is 21.2. The first-order chi connectivity index (χ1) is 15.9. The number of hydrogen-bond donors (Lipinski definition) is 3. The summed E-state index contributed by atoms with van der Waals surface area (Å²) >= 11 is 0. The first-order valence-electron chi connectivity index (χ1n) is 12.7. The van der Waals surface area contributed by atoms with Crippen molar-refractivity contribution in [1.29, 1.82) is 0 Å². The first kappa shape index (κ1) is 26.3. The predicted octanol–water partition coefficient (Wildman–Crippen LogP) is 3.07. The number of carbonyl (C=O) groups is 4. The van der Waals surface area contributed by atoms with Crippen molar-refractivity contribution in [3.8, 4) is 0 Å². The normalized spacial score (nSPS) is 30.9. The van der Waals surface area contributed by atoms with Crippen LogP contribution in [0.15, 0.2) is 0 Å². The Bertz CT molecular complexity index is 809. The molecule has 34 heavy (non-hydrogen) atoms. The molecule has 3 aliphatic rings. The molecule has 2 aliphatic carbocycles. The summed E-state index contributed by atoms with van der Waals surface area (Å²) in [6.07, 6.45) is 6.59. The van der Waals surface area contributed by atoms with Crippen LogP contribution >= 0.6 is 0 Å². The molecule has 1 aliphatic heterocycles. The van der Waals surface area contributed by atoms with Crippen LogP contribution in [0.25, 0.3) is 0 Å². The van der Waals surface area contributed by atoms with E-state index >= 15 is 0 Å². The minimum atomic E-state index is -1.21. The van der Waals surface area contributed by atoms with Crippen LogP contribution in [-0.4, -0.2) is 63.7 Å². The van der Waals surface area contributed by atoms with Crippen LogP contribution in [0.4, 0.5) is 4.79 Å². The molecule has 0 spiro atoms. The molecule has 1 heterocycles. The molecule has 0 aromatic carbocycles. The number of carboxylic acids is 1. The van der Waals surface area contributed by atoms with Gasteiger partial charge in [0.1, 0.15) is 23.2 Å². The van der Waals surface area contributed by atoms with Crippen molar-refractivity contribution in [2.45, 2.75) is 109 Å². The Morgan fingerprint density at radius 1 is 1.21 bits per heavy atom. The monoisotopic (exact) mass is 479 g/mol. The number of aliphatic carboxylic acids is 1. The molecule has 2 saturated carbocycles. The van der Waals surface area contributed by atoms with Gasteiger partial charge in [-0.15, -0.1) is 0 Å². The average Bonchev–Trinajstić information content (AvgIpc) is 3.59. The number of hydrogen-bond acceptors (Lipinski definition) is 5. The number of likely N-dealkylation sites (tertiary alicyclic amines) is 1. The fraction of sp³-hybridized carbons (Fsp3) is 0.840. The average molecular weight is 480 g/mol. The Labute approximate surface area is 202 Å². The molecule has 0 bridgehead atoms. The number of carbonyl (C=O) groups excluding carboxylic acids is 3. The van der Waals surface area contributed by atoms with Gasteiger partial charge in [-0.1, -0.05) is 32.6 Å². The van der Waals surface area contributed by atoms with Gasteiger partial charge in [-0.05, 0) is 71.1 Å². The summed E-state index contributed by atoms with van der Waals surface area (Å²) in [6, 6.07) is -1.59. The molecule has 9 heteroatoms. The number of nitrogens with zero attached hydrogens (tertiary/aromatic N) is 1. The maximum Gasteiger partial charge on any atom is 0.408 e. The number of carboxylic acid groups (broad SMARTS) is 1. The molecule has 9 nitrogen and oxygen atoms in total. The zero-order valence-electron chi connectivity index (χ0n) is 21.2. The van der Waals surface area contributed by atoms with E-state index in [1.54, 1.807) is 27.7 Å². The SMILES string of the molecule is CCCCCC1CC1C1C[C@]1(NC(=O)[C@@H]1CCCN1C(=O)[C@H](C)NC(=O)OC(C)(C)C)C(=O)O. The summed E-state index contributed by atoms with van der Waals surface area (Å²) < 4.78 is 5.21. The van der Waals surface area contributed by atoms with Gasteiger partial charge in [0.2, 0.25) is 11.8 Å². The molecule has 0 aromatic heterocycles. The number of alkyl carbamates (subject to hydrolysis) is 1. The number of rotatable bonds is 10. The molecular weight excluding hydrogens is 438 g/mol. The quantitative estimate of drug-likeness (QED) is 0.414. The van der Waals surface area contributed by atoms with E-state index < -0.39 is 41.2 Å². The van der Waals surface area contributed by atoms with Crippen LogP contribution in [0.3, 0.4) is 0 Å². The van der Waals surface area contributed by atoms with Gasteiger partial charge in [0.25, 0.3) is 0 Å². The number of unbranched alkanes of at least 4 members (excludes halogenated alkanes) is 2. The number of ether oxygens (including phenoxy) is 1. The topological polar surface area (TPSA) is 125 Å². The van der Waals surface area contributed by atoms with Gasteiger partial charge in [0.15, 0.2) is 0 Å². The second kappa shape index (κ2) is 10.1. The van der Waals surface area contributed by atoms with Crippen molar-refractivity contribution >= 4 is 23.9 Å². The molecule has 3 fully saturated rings. The van der Waals surface area contributed by atoms with Crippen molar-refractivity contribution in [2.75, 3.05) is 6.54 Å². The molecule has 3 amide bonds. The van der Waals surface area contributed by atoms with Crippen molar-refractivity contribution < 1.29 is 29.0 Å². The minimum Gasteiger partial charge on any atom is -0.479 e. The molecule has 1 saturated heterocycles. The Hall–Kier alpha value is -2.32. The largest absolute Gasteiger partial charge is 0.479 e. The van der Waals surface area contributed by atoms with Crippen molar-refractivity contribution in [1.82, 2.24) is 15.5 Å². The molecule has 3 unspecified atom stereocenters. The van der Waals surface area contributed by atoms with Crippen LogP contribution in [0, 0.1) is 17.8 Å². The van der Waals surface area contributed by atoms with Crippen LogP contribution in [0.5, 0.6) is 0 Å². The highest BCUT2D eigenvalue weighted by Crippen LogP contribution is 2.61. The molecule has 192 valence electrons. The molecule has 6 atom stereocenters. The highest BCUT2D eigenvalue weighted by molar-refractivity contribution is 5.95. The molecule has 3 rings (SSSR count). The van der Waals surface area contributed by atoms with Crippen molar-refractivity contribution in [3.05, 3.63) is 0 Å². The van der Waals surface area contributed by atoms with E-state index in [0.29, 0.717) is 37.6 Å². The van der Waals surface area contributed by atoms with E-state index in [9.17, 15) is 24.3 Å². The number of amides is 3. The Morgan fingerprint density at radius 2 is 1.91 bits per heavy atom. The fourth-order valence-electron chi connectivity index (χ4n) is 5.40. The van der Waals surface area contributed by atoms with E-state index in [1.165, 1.54) is 24.2 Å². The van der Waals surface area contributed by atoms with Gasteiger partial charge in [0.05, 0.1) is 0 Å². The lowest BCUT2D eigenvalue weighted by Crippen LogP contribution is -2.56. The Morgan fingerprint density at radius 3 is 2.53 bits per heavy atom. The zero-order chi connectivity index (χ0) is 25.3. The third-order valence-corrected chi connectivity index (χ3v) is 7.36. The molecule has 3 N–H and O–H groups in total. The highest BCUT2D eigenvalue weighted by atomic mass is 16.6. The Kier molecular flexibility index (Phi) is 7.82. The number of nitrogens with one attached hydrogen (secondary N) is 2. The lowest BCUT2D eigenvalue weighted by Gasteiger charge is -2.29. The van der Waals surface area contributed by atoms with Crippen molar-refractivity contribution in [3.63, 3.8) is 0 Å². The molecule has 0 radical (unpaired) electrons. The van der Waals surface area contributed by atoms with Gasteiger partial charge in [-0.3, -0.25) is 9.59 Å². The maximum atomic E-state index is 13.2. The van der Waals surface area contributed by atoms with Crippen LogP contribution < -0.4 is 10.6 Å². The summed E-state index contributed by atoms with van der Waals surface area (Å²) in [6.45, 7) is 9.32. The van der Waals surface area contributed by atoms with Crippen LogP contribution in [0.1, 0.15) is 86.0 Å². The Balaban J connectivity index is 1.56. The van der Waals surface area contributed by atoms with E-state index in [1.807, 2.05) is 0 Å². The summed E-state index contributed by atoms with van der Waals surface area (Å²) in [5.74, 6) is -0.867. The standard InChI is InChI=1S/C25H41N3O6/c1-6-7-8-10-16-13-17(16)18-14-25(18,22(31)32)27-20(29)19-11-9-12-28(19)21(30)15(2)26-23(33)34-24(3,4)5/h15-19H,6-14H2,1-5H3,(H,26,33)(H,27,29)(H,31,32)/t15-,16?,17?,18?,19-,25+/m0/s1. The lowest BCUT2D eigenvalue weighted by atomic mass is 10.0. The van der Waals surface area contributed by atoms with Gasteiger partial charge >= 0.3 is 12.1 Å². The van der Waals surface area contributed by atoms with Gasteiger partial charge in [-0.25, -0.2) is 9.59 Å². The third kappa shape index (κ3) is 6.02. The van der Waals surface area contributed by atoms with Crippen LogP contribution in [-0.2, 0) is 19.1 Å². The van der Waals surface area contributed by atoms with Crippen molar-refractivity contribution in [2.24, 2.45) is 17.8 Å². The maximum absolute atomic E-state index is 13.2. The van der Waals surface area contributed by atoms with E-state index in [4.69, 9.17) is 4.74 Å². The predicted molar refractivity (Wildman–Crippen MR) is 126 cm³/mol. The highest BCUT2D eigenvalue weighted by Gasteiger charge is 2.68. The second-order valence-electron chi connectivity index (χ2n) is 11.3. The first-order valence-corrected chi connectivity index (χ1v) is 12.7. The van der Waals surface area contributed by atoms with Crippen LogP contribution in [0.2, 0.25) is 0 Å². The van der Waals surface area contributed by atoms with Gasteiger partial charge in [-0.2, -0.15) is 0 Å². The molecular formula is C25H41N3O6. The summed E-state index contributed by atoms with van der Waals surface area (Å²) in [7, 11) is 0. The molecule has 0 aromatic rings. The van der Waals surface area contributed by atoms with E-state index in [2.05, 4.69) is 17.6 Å². The summed E-state index contributed by atoms with van der Waals surface area (Å²) in [5, 5.41) is 15.3. The fourth-order valence-corrected chi connectivity index (χ4v) is 5.40. The lowest BCUT2D eigenvalue weighted by molar-refractivity contribution is -0.145. The van der Waals surface area contributed by atoms with Gasteiger partial charge < -0.3 is 25.4 Å². The van der Waals surface area contributed by atoms with E-state index in [-0.39, 0.29) is 11.8 Å².